The zero-order chi connectivity index (χ0) is 23.6. The Morgan fingerprint density at radius 2 is 1.50 bits per heavy atom. The average molecular weight is 461 g/mol. The van der Waals surface area contributed by atoms with Gasteiger partial charge >= 0.3 is 0 Å². The monoisotopic (exact) mass is 460 g/mol. The van der Waals surface area contributed by atoms with Gasteiger partial charge in [-0.1, -0.05) is 93.3 Å². The predicted octanol–water partition coefficient (Wildman–Crippen LogP) is 8.02. The molecule has 3 nitrogen and oxygen atoms in total. The molecule has 0 saturated heterocycles. The van der Waals surface area contributed by atoms with E-state index in [2.05, 4.69) is 94.2 Å². The minimum absolute atomic E-state index is 0.215. The highest BCUT2D eigenvalue weighted by molar-refractivity contribution is 6.90. The fourth-order valence-electron chi connectivity index (χ4n) is 5.00. The number of furan rings is 1. The summed E-state index contributed by atoms with van der Waals surface area (Å²) >= 11 is 0. The van der Waals surface area contributed by atoms with Crippen molar-refractivity contribution < 1.29 is 4.42 Å². The van der Waals surface area contributed by atoms with Crippen molar-refractivity contribution in [1.29, 1.82) is 0 Å². The normalized spacial score (nSPS) is 12.5. The van der Waals surface area contributed by atoms with Crippen LogP contribution in [0.5, 0.6) is 0 Å². The largest absolute Gasteiger partial charge is 0.455 e. The molecule has 0 radical (unpaired) electrons. The molecule has 0 aliphatic heterocycles. The van der Waals surface area contributed by atoms with Crippen LogP contribution in [0, 0.1) is 0 Å². The van der Waals surface area contributed by atoms with Crippen LogP contribution >= 0.6 is 0 Å². The smallest absolute Gasteiger partial charge is 0.144 e. The molecule has 0 spiro atoms. The van der Waals surface area contributed by atoms with Crippen LogP contribution in [0.2, 0.25) is 19.6 Å². The van der Waals surface area contributed by atoms with Gasteiger partial charge in [0.25, 0.3) is 0 Å². The predicted molar refractivity (Wildman–Crippen MR) is 147 cm³/mol. The van der Waals surface area contributed by atoms with Crippen molar-refractivity contribution in [2.75, 3.05) is 0 Å². The minimum atomic E-state index is -1.60. The van der Waals surface area contributed by atoms with E-state index in [1.807, 2.05) is 12.1 Å². The van der Waals surface area contributed by atoms with Gasteiger partial charge < -0.3 is 4.42 Å². The van der Waals surface area contributed by atoms with E-state index in [-0.39, 0.29) is 5.92 Å². The fraction of sp³-hybridized carbons (Fsp3) is 0.200. The summed E-state index contributed by atoms with van der Waals surface area (Å²) in [6.07, 6.45) is 0. The van der Waals surface area contributed by atoms with E-state index >= 15 is 0 Å². The number of fused-ring (bicyclic) bond motifs is 6. The molecule has 4 heteroatoms. The van der Waals surface area contributed by atoms with Crippen molar-refractivity contribution in [3.05, 3.63) is 78.6 Å². The maximum Gasteiger partial charge on any atom is 0.144 e. The van der Waals surface area contributed by atoms with Crippen LogP contribution in [-0.4, -0.2) is 18.0 Å². The molecule has 4 aromatic carbocycles. The van der Waals surface area contributed by atoms with Gasteiger partial charge in [-0.25, -0.2) is 9.97 Å². The molecular weight excluding hydrogens is 432 g/mol. The Balaban J connectivity index is 1.78. The van der Waals surface area contributed by atoms with E-state index in [4.69, 9.17) is 14.4 Å². The Morgan fingerprint density at radius 1 is 0.735 bits per heavy atom. The lowest BCUT2D eigenvalue weighted by Gasteiger charge is -2.21. The lowest BCUT2D eigenvalue weighted by atomic mass is 9.99. The van der Waals surface area contributed by atoms with E-state index in [0.717, 1.165) is 49.9 Å². The highest BCUT2D eigenvalue weighted by Crippen LogP contribution is 2.39. The molecule has 0 atom stereocenters. The molecule has 0 fully saturated rings. The van der Waals surface area contributed by atoms with Crippen LogP contribution in [0.3, 0.4) is 0 Å². The van der Waals surface area contributed by atoms with Crippen LogP contribution in [0.1, 0.15) is 25.6 Å². The first kappa shape index (κ1) is 21.1. The van der Waals surface area contributed by atoms with Gasteiger partial charge in [-0.15, -0.1) is 0 Å². The quantitative estimate of drug-likeness (QED) is 0.198. The van der Waals surface area contributed by atoms with Gasteiger partial charge in [-0.05, 0) is 23.6 Å². The van der Waals surface area contributed by atoms with Crippen molar-refractivity contribution >= 4 is 56.9 Å². The van der Waals surface area contributed by atoms with Crippen molar-refractivity contribution in [2.24, 2.45) is 0 Å². The molecule has 0 aliphatic carbocycles. The molecule has 2 aromatic heterocycles. The molecule has 6 rings (SSSR count). The number of aromatic nitrogens is 2. The Kier molecular flexibility index (Phi) is 4.65. The van der Waals surface area contributed by atoms with Gasteiger partial charge in [0.1, 0.15) is 17.0 Å². The van der Waals surface area contributed by atoms with Crippen molar-refractivity contribution in [1.82, 2.24) is 9.97 Å². The van der Waals surface area contributed by atoms with E-state index in [1.165, 1.54) is 16.0 Å². The van der Waals surface area contributed by atoms with E-state index < -0.39 is 8.07 Å². The summed E-state index contributed by atoms with van der Waals surface area (Å²) in [5.74, 6) is 1.08. The van der Waals surface area contributed by atoms with Crippen molar-refractivity contribution in [2.45, 2.75) is 39.4 Å². The lowest BCUT2D eigenvalue weighted by molar-refractivity contribution is 0.669. The van der Waals surface area contributed by atoms with Gasteiger partial charge in [-0.2, -0.15) is 0 Å². The number of hydrogen-bond donors (Lipinski definition) is 0. The number of nitrogens with zero attached hydrogens (tertiary/aromatic N) is 2. The molecule has 6 aromatic rings. The molecule has 34 heavy (non-hydrogen) atoms. The second-order valence-corrected chi connectivity index (χ2v) is 15.5. The SMILES string of the molecule is CC(C)c1nc(-c2cccc3c2oc2ccccc23)c2ccc3cccc([Si](C)(C)C)c3c2n1. The van der Waals surface area contributed by atoms with Crippen LogP contribution in [0.15, 0.2) is 77.2 Å². The zero-order valence-corrected chi connectivity index (χ0v) is 21.3. The Hall–Kier alpha value is -3.50. The summed E-state index contributed by atoms with van der Waals surface area (Å²) in [6.45, 7) is 11.5. The number of para-hydroxylation sites is 2. The first-order valence-corrected chi connectivity index (χ1v) is 15.5. The second kappa shape index (κ2) is 7.50. The molecule has 0 amide bonds. The van der Waals surface area contributed by atoms with Crippen LogP contribution in [0.4, 0.5) is 0 Å². The second-order valence-electron chi connectivity index (χ2n) is 10.5. The summed E-state index contributed by atoms with van der Waals surface area (Å²) in [5.41, 5.74) is 4.81. The highest BCUT2D eigenvalue weighted by Gasteiger charge is 2.23. The number of rotatable bonds is 3. The van der Waals surface area contributed by atoms with Crippen molar-refractivity contribution in [3.8, 4) is 11.3 Å². The molecule has 168 valence electrons. The third-order valence-corrected chi connectivity index (χ3v) is 8.74. The van der Waals surface area contributed by atoms with Crippen LogP contribution < -0.4 is 5.19 Å². The lowest BCUT2D eigenvalue weighted by Crippen LogP contribution is -2.38. The third kappa shape index (κ3) is 3.17. The fourth-order valence-corrected chi connectivity index (χ4v) is 6.61. The number of benzene rings is 4. The van der Waals surface area contributed by atoms with Crippen LogP contribution in [0.25, 0.3) is 54.9 Å². The molecule has 0 bridgehead atoms. The van der Waals surface area contributed by atoms with Gasteiger partial charge in [0.05, 0.1) is 19.3 Å². The maximum atomic E-state index is 6.40. The summed E-state index contributed by atoms with van der Waals surface area (Å²) in [7, 11) is -1.60. The summed E-state index contributed by atoms with van der Waals surface area (Å²) in [4.78, 5) is 10.3. The molecular formula is C30H28N2OSi. The standard InChI is InChI=1S/C30H28N2OSi/c1-18(2)30-31-27(23-13-9-12-21-20-11-6-7-14-24(20)33-29(21)23)22-17-16-19-10-8-15-25(34(3,4)5)26(19)28(22)32-30/h6-18H,1-5H3. The molecule has 0 N–H and O–H groups in total. The van der Waals surface area contributed by atoms with Gasteiger partial charge in [-0.3, -0.25) is 0 Å². The Morgan fingerprint density at radius 3 is 2.29 bits per heavy atom. The van der Waals surface area contributed by atoms with E-state index in [1.54, 1.807) is 0 Å². The Bertz CT molecular complexity index is 1720. The first-order valence-electron chi connectivity index (χ1n) is 12.0. The minimum Gasteiger partial charge on any atom is -0.455 e. The van der Waals surface area contributed by atoms with Gasteiger partial charge in [0, 0.05) is 33.0 Å². The zero-order valence-electron chi connectivity index (χ0n) is 20.3. The van der Waals surface area contributed by atoms with Gasteiger partial charge in [0.2, 0.25) is 0 Å². The Labute approximate surface area is 200 Å². The maximum absolute atomic E-state index is 6.40. The first-order chi connectivity index (χ1) is 16.3. The van der Waals surface area contributed by atoms with E-state index in [0.29, 0.717) is 0 Å². The summed E-state index contributed by atoms with van der Waals surface area (Å²) in [5, 5.41) is 7.30. The molecule has 0 aliphatic rings. The topological polar surface area (TPSA) is 38.9 Å². The molecule has 2 heterocycles. The van der Waals surface area contributed by atoms with E-state index in [9.17, 15) is 0 Å². The summed E-state index contributed by atoms with van der Waals surface area (Å²) in [6, 6.07) is 25.7. The number of hydrogen-bond acceptors (Lipinski definition) is 3. The highest BCUT2D eigenvalue weighted by atomic mass is 28.3. The summed E-state index contributed by atoms with van der Waals surface area (Å²) < 4.78 is 6.40. The molecule has 0 saturated carbocycles. The average Bonchev–Trinajstić information content (AvgIpc) is 3.21. The van der Waals surface area contributed by atoms with Crippen LogP contribution in [-0.2, 0) is 0 Å². The van der Waals surface area contributed by atoms with Gasteiger partial charge in [0.15, 0.2) is 0 Å². The molecule has 0 unspecified atom stereocenters. The van der Waals surface area contributed by atoms with Crippen molar-refractivity contribution in [3.63, 3.8) is 0 Å². The third-order valence-electron chi connectivity index (χ3n) is 6.71.